The Hall–Kier alpha value is -2.17. The van der Waals surface area contributed by atoms with Crippen LogP contribution in [0.2, 0.25) is 0 Å². The lowest BCUT2D eigenvalue weighted by Gasteiger charge is -2.22. The molecule has 0 bridgehead atoms. The Labute approximate surface area is 143 Å². The molecule has 1 aromatic rings. The van der Waals surface area contributed by atoms with Crippen molar-refractivity contribution in [1.29, 1.82) is 0 Å². The Morgan fingerprint density at radius 1 is 1.08 bits per heavy atom. The third-order valence-corrected chi connectivity index (χ3v) is 4.26. The molecule has 0 aliphatic heterocycles. The zero-order valence-electron chi connectivity index (χ0n) is 14.4. The molecule has 1 saturated carbocycles. The number of carbonyl (C=O) groups excluding carboxylic acids is 2. The number of hydrogen-bond donors (Lipinski definition) is 2. The first kappa shape index (κ1) is 18.2. The molecule has 2 amide bonds. The number of benzene rings is 1. The summed E-state index contributed by atoms with van der Waals surface area (Å²) in [7, 11) is 0. The Balaban J connectivity index is 1.58. The summed E-state index contributed by atoms with van der Waals surface area (Å²) in [4.78, 5) is 23.5. The monoisotopic (exact) mass is 329 g/mol. The van der Waals surface area contributed by atoms with Crippen LogP contribution in [0.1, 0.15) is 62.5 Å². The fraction of sp³-hybridized carbons (Fsp3) is 0.526. The molecule has 2 rings (SSSR count). The molecule has 24 heavy (non-hydrogen) atoms. The maximum Gasteiger partial charge on any atom is 0.240 e. The summed E-state index contributed by atoms with van der Waals surface area (Å²) in [5.41, 5.74) is 4.62. The van der Waals surface area contributed by atoms with Gasteiger partial charge in [-0.2, -0.15) is 5.10 Å². The molecule has 0 heterocycles. The highest BCUT2D eigenvalue weighted by Crippen LogP contribution is 2.17. The van der Waals surface area contributed by atoms with Crippen LogP contribution in [0.3, 0.4) is 0 Å². The summed E-state index contributed by atoms with van der Waals surface area (Å²) in [6, 6.07) is 8.21. The maximum absolute atomic E-state index is 11.8. The lowest BCUT2D eigenvalue weighted by atomic mass is 9.95. The van der Waals surface area contributed by atoms with Gasteiger partial charge in [0.2, 0.25) is 11.8 Å². The Kier molecular flexibility index (Phi) is 7.46. The molecule has 5 nitrogen and oxygen atoms in total. The fourth-order valence-corrected chi connectivity index (χ4v) is 2.84. The van der Waals surface area contributed by atoms with Crippen molar-refractivity contribution in [2.45, 2.75) is 64.3 Å². The normalized spacial score (nSPS) is 15.4. The molecule has 0 unspecified atom stereocenters. The summed E-state index contributed by atoms with van der Waals surface area (Å²) in [6.45, 7) is 2.02. The fourth-order valence-electron chi connectivity index (χ4n) is 2.84. The Morgan fingerprint density at radius 3 is 2.46 bits per heavy atom. The second kappa shape index (κ2) is 9.85. The van der Waals surface area contributed by atoms with Gasteiger partial charge in [0.25, 0.3) is 0 Å². The molecular weight excluding hydrogens is 302 g/mol. The van der Waals surface area contributed by atoms with Crippen LogP contribution < -0.4 is 10.7 Å². The van der Waals surface area contributed by atoms with Gasteiger partial charge in [0.1, 0.15) is 0 Å². The second-order valence-electron chi connectivity index (χ2n) is 6.46. The SMILES string of the molecule is Cc1ccc(C=NNC(=O)CCCC(=O)NC2CCCCC2)cc1. The number of carbonyl (C=O) groups is 2. The third-order valence-electron chi connectivity index (χ3n) is 4.26. The Bertz CT molecular complexity index is 560. The van der Waals surface area contributed by atoms with E-state index in [1.807, 2.05) is 31.2 Å². The van der Waals surface area contributed by atoms with Gasteiger partial charge in [0.15, 0.2) is 0 Å². The van der Waals surface area contributed by atoms with E-state index < -0.39 is 0 Å². The molecule has 1 aliphatic rings. The maximum atomic E-state index is 11.8. The molecule has 5 heteroatoms. The van der Waals surface area contributed by atoms with E-state index in [-0.39, 0.29) is 11.8 Å². The van der Waals surface area contributed by atoms with Crippen molar-refractivity contribution >= 4 is 18.0 Å². The molecule has 0 spiro atoms. The number of hydrazone groups is 1. The van der Waals surface area contributed by atoms with Crippen molar-refractivity contribution in [3.8, 4) is 0 Å². The molecule has 1 aliphatic carbocycles. The first-order chi connectivity index (χ1) is 11.6. The number of amides is 2. The van der Waals surface area contributed by atoms with E-state index in [4.69, 9.17) is 0 Å². The van der Waals surface area contributed by atoms with Gasteiger partial charge < -0.3 is 5.32 Å². The van der Waals surface area contributed by atoms with Crippen LogP contribution in [0.25, 0.3) is 0 Å². The van der Waals surface area contributed by atoms with Gasteiger partial charge in [-0.25, -0.2) is 5.43 Å². The summed E-state index contributed by atoms with van der Waals surface area (Å²) in [6.07, 6.45) is 8.71. The predicted octanol–water partition coefficient (Wildman–Crippen LogP) is 3.06. The lowest BCUT2D eigenvalue weighted by Crippen LogP contribution is -2.36. The van der Waals surface area contributed by atoms with Crippen molar-refractivity contribution in [3.05, 3.63) is 35.4 Å². The van der Waals surface area contributed by atoms with Crippen LogP contribution in [-0.2, 0) is 9.59 Å². The van der Waals surface area contributed by atoms with Crippen LogP contribution in [0.4, 0.5) is 0 Å². The topological polar surface area (TPSA) is 70.6 Å². The van der Waals surface area contributed by atoms with Gasteiger partial charge in [0, 0.05) is 18.9 Å². The quantitative estimate of drug-likeness (QED) is 0.596. The lowest BCUT2D eigenvalue weighted by molar-refractivity contribution is -0.122. The third kappa shape index (κ3) is 6.94. The minimum atomic E-state index is -0.163. The number of rotatable bonds is 7. The largest absolute Gasteiger partial charge is 0.353 e. The van der Waals surface area contributed by atoms with Crippen molar-refractivity contribution in [3.63, 3.8) is 0 Å². The average Bonchev–Trinajstić information content (AvgIpc) is 2.57. The standard InChI is InChI=1S/C19H27N3O2/c1-15-10-12-16(13-11-15)14-20-22-19(24)9-5-8-18(23)21-17-6-3-2-4-7-17/h10-14,17H,2-9H2,1H3,(H,21,23)(H,22,24). The molecule has 0 aromatic heterocycles. The van der Waals surface area contributed by atoms with E-state index >= 15 is 0 Å². The smallest absolute Gasteiger partial charge is 0.240 e. The molecular formula is C19H27N3O2. The van der Waals surface area contributed by atoms with Gasteiger partial charge in [-0.1, -0.05) is 49.1 Å². The highest BCUT2D eigenvalue weighted by atomic mass is 16.2. The van der Waals surface area contributed by atoms with E-state index in [1.165, 1.54) is 24.8 Å². The molecule has 0 saturated heterocycles. The first-order valence-corrected chi connectivity index (χ1v) is 8.81. The molecule has 0 radical (unpaired) electrons. The minimum absolute atomic E-state index is 0.0536. The van der Waals surface area contributed by atoms with Crippen LogP contribution >= 0.6 is 0 Å². The van der Waals surface area contributed by atoms with E-state index in [2.05, 4.69) is 15.8 Å². The van der Waals surface area contributed by atoms with Crippen LogP contribution in [0.15, 0.2) is 29.4 Å². The minimum Gasteiger partial charge on any atom is -0.353 e. The summed E-state index contributed by atoms with van der Waals surface area (Å²) in [5.74, 6) is -0.110. The van der Waals surface area contributed by atoms with Crippen LogP contribution in [-0.4, -0.2) is 24.1 Å². The zero-order chi connectivity index (χ0) is 17.2. The van der Waals surface area contributed by atoms with E-state index in [9.17, 15) is 9.59 Å². The average molecular weight is 329 g/mol. The Morgan fingerprint density at radius 2 is 1.75 bits per heavy atom. The second-order valence-corrected chi connectivity index (χ2v) is 6.46. The highest BCUT2D eigenvalue weighted by molar-refractivity contribution is 5.82. The molecule has 1 aromatic carbocycles. The predicted molar refractivity (Wildman–Crippen MR) is 95.8 cm³/mol. The van der Waals surface area contributed by atoms with Crippen molar-refractivity contribution < 1.29 is 9.59 Å². The van der Waals surface area contributed by atoms with Crippen molar-refractivity contribution in [2.75, 3.05) is 0 Å². The van der Waals surface area contributed by atoms with Gasteiger partial charge >= 0.3 is 0 Å². The molecule has 1 fully saturated rings. The van der Waals surface area contributed by atoms with Gasteiger partial charge in [-0.15, -0.1) is 0 Å². The van der Waals surface area contributed by atoms with Crippen molar-refractivity contribution in [2.24, 2.45) is 5.10 Å². The zero-order valence-corrected chi connectivity index (χ0v) is 14.4. The number of hydrogen-bond acceptors (Lipinski definition) is 3. The van der Waals surface area contributed by atoms with Gasteiger partial charge in [0.05, 0.1) is 6.21 Å². The summed E-state index contributed by atoms with van der Waals surface area (Å²) >= 11 is 0. The van der Waals surface area contributed by atoms with E-state index in [0.717, 1.165) is 18.4 Å². The molecule has 130 valence electrons. The summed E-state index contributed by atoms with van der Waals surface area (Å²) < 4.78 is 0. The van der Waals surface area contributed by atoms with Crippen LogP contribution in [0.5, 0.6) is 0 Å². The van der Waals surface area contributed by atoms with E-state index in [1.54, 1.807) is 6.21 Å². The van der Waals surface area contributed by atoms with E-state index in [0.29, 0.717) is 25.3 Å². The van der Waals surface area contributed by atoms with Crippen molar-refractivity contribution in [1.82, 2.24) is 10.7 Å². The number of nitrogens with one attached hydrogen (secondary N) is 2. The van der Waals surface area contributed by atoms with Crippen LogP contribution in [0, 0.1) is 6.92 Å². The number of nitrogens with zero attached hydrogens (tertiary/aromatic N) is 1. The number of aryl methyl sites for hydroxylation is 1. The van der Waals surface area contributed by atoms with Gasteiger partial charge in [-0.05, 0) is 31.7 Å². The first-order valence-electron chi connectivity index (χ1n) is 8.81. The highest BCUT2D eigenvalue weighted by Gasteiger charge is 2.15. The van der Waals surface area contributed by atoms with Gasteiger partial charge in [-0.3, -0.25) is 9.59 Å². The molecule has 0 atom stereocenters. The summed E-state index contributed by atoms with van der Waals surface area (Å²) in [5, 5.41) is 7.00. The molecule has 2 N–H and O–H groups in total.